The highest BCUT2D eigenvalue weighted by molar-refractivity contribution is 7.15. The lowest BCUT2D eigenvalue weighted by Gasteiger charge is -2.21. The second-order valence-electron chi connectivity index (χ2n) is 4.95. The van der Waals surface area contributed by atoms with E-state index >= 15 is 0 Å². The second-order valence-corrected chi connectivity index (χ2v) is 5.90. The van der Waals surface area contributed by atoms with Crippen LogP contribution >= 0.6 is 11.3 Å². The van der Waals surface area contributed by atoms with Crippen molar-refractivity contribution in [2.75, 3.05) is 23.8 Å². The number of para-hydroxylation sites is 1. The number of anilines is 2. The average molecular weight is 343 g/mol. The fourth-order valence-corrected chi connectivity index (χ4v) is 2.97. The molecule has 2 aromatic rings. The molecule has 1 fully saturated rings. The van der Waals surface area contributed by atoms with Crippen molar-refractivity contribution in [1.82, 2.24) is 15.1 Å². The summed E-state index contributed by atoms with van der Waals surface area (Å²) in [6.45, 7) is 0.314. The van der Waals surface area contributed by atoms with E-state index in [1.54, 1.807) is 7.05 Å². The number of hydrogen-bond acceptors (Lipinski definition) is 5. The summed E-state index contributed by atoms with van der Waals surface area (Å²) in [5.41, 5.74) is 0.756. The highest BCUT2D eigenvalue weighted by atomic mass is 32.1. The van der Waals surface area contributed by atoms with Gasteiger partial charge in [0.15, 0.2) is 0 Å². The number of alkyl halides is 3. The standard InChI is InChI=1S/C13H12F3N5OS/c1-20-7-9(17-8-5-3-2-4-6-8)21(12(20)22)11-19-18-10(23-11)13(14,15)16/h2-6,9,17H,7H2,1H3. The third kappa shape index (κ3) is 3.07. The van der Waals surface area contributed by atoms with Crippen LogP contribution in [0.5, 0.6) is 0 Å². The Bertz CT molecular complexity index is 705. The molecule has 0 saturated carbocycles. The van der Waals surface area contributed by atoms with Crippen LogP contribution in [0.4, 0.5) is 28.8 Å². The van der Waals surface area contributed by atoms with Gasteiger partial charge in [0.05, 0.1) is 6.54 Å². The Morgan fingerprint density at radius 1 is 1.26 bits per heavy atom. The Labute approximate surface area is 133 Å². The summed E-state index contributed by atoms with van der Waals surface area (Å²) in [4.78, 5) is 14.8. The molecule has 23 heavy (non-hydrogen) atoms. The van der Waals surface area contributed by atoms with Crippen molar-refractivity contribution in [3.05, 3.63) is 35.3 Å². The number of hydrogen-bond donors (Lipinski definition) is 1. The highest BCUT2D eigenvalue weighted by Gasteiger charge is 2.41. The Hall–Kier alpha value is -2.36. The van der Waals surface area contributed by atoms with Crippen molar-refractivity contribution < 1.29 is 18.0 Å². The molecule has 122 valence electrons. The summed E-state index contributed by atoms with van der Waals surface area (Å²) in [6, 6.07) is 8.67. The number of nitrogens with zero attached hydrogens (tertiary/aromatic N) is 4. The van der Waals surface area contributed by atoms with Gasteiger partial charge in [-0.1, -0.05) is 29.5 Å². The normalized spacial score (nSPS) is 18.6. The van der Waals surface area contributed by atoms with Gasteiger partial charge in [0, 0.05) is 12.7 Å². The zero-order valence-corrected chi connectivity index (χ0v) is 12.7. The van der Waals surface area contributed by atoms with Gasteiger partial charge in [0.1, 0.15) is 6.17 Å². The van der Waals surface area contributed by atoms with Gasteiger partial charge < -0.3 is 10.2 Å². The quantitative estimate of drug-likeness (QED) is 0.931. The Morgan fingerprint density at radius 3 is 2.57 bits per heavy atom. The molecule has 1 aliphatic heterocycles. The van der Waals surface area contributed by atoms with Gasteiger partial charge >= 0.3 is 12.2 Å². The maximum absolute atomic E-state index is 12.7. The van der Waals surface area contributed by atoms with Crippen LogP contribution in [0.1, 0.15) is 5.01 Å². The molecule has 1 aromatic carbocycles. The molecule has 1 unspecified atom stereocenters. The molecule has 2 amide bonds. The van der Waals surface area contributed by atoms with Crippen molar-refractivity contribution >= 4 is 28.2 Å². The molecule has 1 saturated heterocycles. The van der Waals surface area contributed by atoms with Crippen molar-refractivity contribution in [2.45, 2.75) is 12.3 Å². The van der Waals surface area contributed by atoms with E-state index in [0.717, 1.165) is 5.69 Å². The van der Waals surface area contributed by atoms with Gasteiger partial charge in [-0.2, -0.15) is 13.2 Å². The van der Waals surface area contributed by atoms with Gasteiger partial charge in [0.2, 0.25) is 10.1 Å². The number of aromatic nitrogens is 2. The number of amides is 2. The zero-order chi connectivity index (χ0) is 16.6. The molecule has 1 atom stereocenters. The third-order valence-electron chi connectivity index (χ3n) is 3.26. The van der Waals surface area contributed by atoms with Crippen LogP contribution in [0, 0.1) is 0 Å². The lowest BCUT2D eigenvalue weighted by Crippen LogP contribution is -2.39. The van der Waals surface area contributed by atoms with Crippen molar-refractivity contribution in [3.63, 3.8) is 0 Å². The maximum atomic E-state index is 12.7. The minimum atomic E-state index is -4.58. The average Bonchev–Trinajstić information content (AvgIpc) is 3.06. The molecule has 0 spiro atoms. The summed E-state index contributed by atoms with van der Waals surface area (Å²) in [5.74, 6) is 0. The minimum Gasteiger partial charge on any atom is -0.363 e. The number of carbonyl (C=O) groups excluding carboxylic acids is 1. The molecule has 2 heterocycles. The summed E-state index contributed by atoms with van der Waals surface area (Å²) >= 11 is 0.348. The monoisotopic (exact) mass is 343 g/mol. The lowest BCUT2D eigenvalue weighted by atomic mass is 10.3. The first kappa shape index (κ1) is 15.5. The van der Waals surface area contributed by atoms with Gasteiger partial charge in [-0.15, -0.1) is 10.2 Å². The maximum Gasteiger partial charge on any atom is 0.445 e. The molecule has 0 bridgehead atoms. The molecule has 1 aliphatic rings. The molecule has 6 nitrogen and oxygen atoms in total. The Balaban J connectivity index is 1.88. The fourth-order valence-electron chi connectivity index (χ4n) is 2.22. The van der Waals surface area contributed by atoms with E-state index < -0.39 is 23.4 Å². The number of likely N-dealkylation sites (N-methyl/N-ethyl adjacent to an activating group) is 1. The predicted octanol–water partition coefficient (Wildman–Crippen LogP) is 2.87. The second kappa shape index (κ2) is 5.69. The van der Waals surface area contributed by atoms with E-state index in [1.807, 2.05) is 30.3 Å². The van der Waals surface area contributed by atoms with E-state index in [9.17, 15) is 18.0 Å². The summed E-state index contributed by atoms with van der Waals surface area (Å²) in [7, 11) is 1.58. The third-order valence-corrected chi connectivity index (χ3v) is 4.23. The van der Waals surface area contributed by atoms with Crippen molar-refractivity contribution in [2.24, 2.45) is 0 Å². The van der Waals surface area contributed by atoms with Gasteiger partial charge in [-0.05, 0) is 12.1 Å². The van der Waals surface area contributed by atoms with Crippen LogP contribution in [0.3, 0.4) is 0 Å². The van der Waals surface area contributed by atoms with E-state index in [0.29, 0.717) is 17.9 Å². The molecular formula is C13H12F3N5OS. The predicted molar refractivity (Wildman–Crippen MR) is 79.3 cm³/mol. The highest BCUT2D eigenvalue weighted by Crippen LogP contribution is 2.36. The number of nitrogens with one attached hydrogen (secondary N) is 1. The molecule has 1 N–H and O–H groups in total. The largest absolute Gasteiger partial charge is 0.445 e. The minimum absolute atomic E-state index is 0.0832. The SMILES string of the molecule is CN1CC(Nc2ccccc2)N(c2nnc(C(F)(F)F)s2)C1=O. The van der Waals surface area contributed by atoms with E-state index in [1.165, 1.54) is 9.80 Å². The van der Waals surface area contributed by atoms with Crippen LogP contribution in [0.15, 0.2) is 30.3 Å². The van der Waals surface area contributed by atoms with Crippen LogP contribution in [-0.2, 0) is 6.18 Å². The first-order valence-electron chi connectivity index (χ1n) is 6.63. The number of urea groups is 1. The van der Waals surface area contributed by atoms with Crippen LogP contribution in [-0.4, -0.2) is 40.9 Å². The van der Waals surface area contributed by atoms with E-state index in [-0.39, 0.29) is 5.13 Å². The first-order valence-corrected chi connectivity index (χ1v) is 7.44. The molecule has 0 radical (unpaired) electrons. The molecule has 10 heteroatoms. The molecule has 1 aromatic heterocycles. The van der Waals surface area contributed by atoms with E-state index in [4.69, 9.17) is 0 Å². The molecule has 3 rings (SSSR count). The van der Waals surface area contributed by atoms with Crippen LogP contribution < -0.4 is 10.2 Å². The molecule has 0 aliphatic carbocycles. The van der Waals surface area contributed by atoms with Crippen molar-refractivity contribution in [3.8, 4) is 0 Å². The van der Waals surface area contributed by atoms with Gasteiger partial charge in [-0.25, -0.2) is 9.69 Å². The van der Waals surface area contributed by atoms with Crippen molar-refractivity contribution in [1.29, 1.82) is 0 Å². The topological polar surface area (TPSA) is 61.4 Å². The van der Waals surface area contributed by atoms with Crippen LogP contribution in [0.25, 0.3) is 0 Å². The Kier molecular flexibility index (Phi) is 3.84. The number of carbonyl (C=O) groups is 1. The van der Waals surface area contributed by atoms with Crippen LogP contribution in [0.2, 0.25) is 0 Å². The summed E-state index contributed by atoms with van der Waals surface area (Å²) in [5, 5.41) is 8.63. The van der Waals surface area contributed by atoms with E-state index in [2.05, 4.69) is 15.5 Å². The lowest BCUT2D eigenvalue weighted by molar-refractivity contribution is -0.138. The Morgan fingerprint density at radius 2 is 1.96 bits per heavy atom. The van der Waals surface area contributed by atoms with Gasteiger partial charge in [-0.3, -0.25) is 0 Å². The fraction of sp³-hybridized carbons (Fsp3) is 0.308. The smallest absolute Gasteiger partial charge is 0.363 e. The first-order chi connectivity index (χ1) is 10.9. The summed E-state index contributed by atoms with van der Waals surface area (Å²) in [6.07, 6.45) is -5.10. The summed E-state index contributed by atoms with van der Waals surface area (Å²) < 4.78 is 38.1. The number of halogens is 3. The zero-order valence-electron chi connectivity index (χ0n) is 11.9. The number of rotatable bonds is 3. The van der Waals surface area contributed by atoms with Gasteiger partial charge in [0.25, 0.3) is 0 Å². The molecular weight excluding hydrogens is 331 g/mol. The number of benzene rings is 1.